The van der Waals surface area contributed by atoms with Gasteiger partial charge in [0.25, 0.3) is 0 Å². The molecule has 1 aliphatic rings. The fraction of sp³-hybridized carbons (Fsp3) is 0.318. The second kappa shape index (κ2) is 9.76. The summed E-state index contributed by atoms with van der Waals surface area (Å²) in [5, 5.41) is 0. The molecule has 2 aromatic carbocycles. The molecule has 0 aromatic heterocycles. The van der Waals surface area contributed by atoms with Crippen LogP contribution in [0.5, 0.6) is 11.5 Å². The van der Waals surface area contributed by atoms with Gasteiger partial charge in [-0.2, -0.15) is 0 Å². The van der Waals surface area contributed by atoms with Crippen LogP contribution in [-0.4, -0.2) is 16.8 Å². The topological polar surface area (TPSA) is 35.5 Å². The number of alkyl halides is 1. The monoisotopic (exact) mass is 462 g/mol. The van der Waals surface area contributed by atoms with E-state index in [1.165, 1.54) is 30.1 Å². The van der Waals surface area contributed by atoms with Gasteiger partial charge in [-0.1, -0.05) is 72.2 Å². The van der Waals surface area contributed by atoms with Crippen LogP contribution in [-0.2, 0) is 0 Å². The first-order chi connectivity index (χ1) is 12.8. The van der Waals surface area contributed by atoms with Gasteiger partial charge in [0.2, 0.25) is 5.78 Å². The van der Waals surface area contributed by atoms with Crippen molar-refractivity contribution < 1.29 is 14.3 Å². The molecule has 3 nitrogen and oxygen atoms in total. The third kappa shape index (κ3) is 5.10. The van der Waals surface area contributed by atoms with E-state index in [1.807, 2.05) is 42.5 Å². The van der Waals surface area contributed by atoms with Gasteiger partial charge in [0.05, 0.1) is 12.2 Å². The molecule has 26 heavy (non-hydrogen) atoms. The minimum Gasteiger partial charge on any atom is -0.493 e. The van der Waals surface area contributed by atoms with E-state index in [0.29, 0.717) is 23.7 Å². The summed E-state index contributed by atoms with van der Waals surface area (Å²) in [6.45, 7) is 0.698. The molecule has 0 radical (unpaired) electrons. The summed E-state index contributed by atoms with van der Waals surface area (Å²) in [5.74, 6) is 1.62. The lowest BCUT2D eigenvalue weighted by atomic mass is 10.1. The van der Waals surface area contributed by atoms with Gasteiger partial charge in [-0.3, -0.25) is 4.79 Å². The fourth-order valence-electron chi connectivity index (χ4n) is 2.87. The zero-order chi connectivity index (χ0) is 18.2. The highest BCUT2D eigenvalue weighted by Gasteiger charge is 2.27. The van der Waals surface area contributed by atoms with Gasteiger partial charge >= 0.3 is 0 Å². The molecule has 0 fully saturated rings. The number of unbranched alkanes of at least 4 members (excludes halogenated alkanes) is 4. The molecule has 1 heterocycles. The van der Waals surface area contributed by atoms with Crippen LogP contribution in [0.2, 0.25) is 0 Å². The predicted octanol–water partition coefficient (Wildman–Crippen LogP) is 6.07. The Hall–Kier alpha value is -1.82. The van der Waals surface area contributed by atoms with Crippen LogP contribution in [0.3, 0.4) is 0 Å². The van der Waals surface area contributed by atoms with Crippen LogP contribution in [0.4, 0.5) is 0 Å². The highest BCUT2D eigenvalue weighted by Crippen LogP contribution is 2.34. The summed E-state index contributed by atoms with van der Waals surface area (Å²) in [7, 11) is 0. The van der Waals surface area contributed by atoms with Crippen molar-refractivity contribution in [2.75, 3.05) is 11.0 Å². The molecule has 0 unspecified atom stereocenters. The van der Waals surface area contributed by atoms with Crippen molar-refractivity contribution in [3.05, 3.63) is 65.4 Å². The van der Waals surface area contributed by atoms with Gasteiger partial charge in [-0.15, -0.1) is 0 Å². The number of ether oxygens (including phenoxy) is 2. The first-order valence-corrected chi connectivity index (χ1v) is 10.6. The maximum absolute atomic E-state index is 12.5. The van der Waals surface area contributed by atoms with E-state index < -0.39 is 0 Å². The van der Waals surface area contributed by atoms with Gasteiger partial charge in [-0.25, -0.2) is 0 Å². The van der Waals surface area contributed by atoms with E-state index in [4.69, 9.17) is 9.47 Å². The van der Waals surface area contributed by atoms with Crippen LogP contribution in [0.1, 0.15) is 48.0 Å². The Kier molecular flexibility index (Phi) is 7.12. The van der Waals surface area contributed by atoms with Crippen molar-refractivity contribution in [1.82, 2.24) is 0 Å². The summed E-state index contributed by atoms with van der Waals surface area (Å²) in [6.07, 6.45) is 7.89. The summed E-state index contributed by atoms with van der Waals surface area (Å²) in [5.41, 5.74) is 1.54. The molecule has 0 bridgehead atoms. The number of allylic oxidation sites excluding steroid dienone is 1. The normalized spacial score (nSPS) is 14.3. The molecular weight excluding hydrogens is 439 g/mol. The third-order valence-electron chi connectivity index (χ3n) is 4.29. The summed E-state index contributed by atoms with van der Waals surface area (Å²) in [6, 6.07) is 15.2. The lowest BCUT2D eigenvalue weighted by molar-refractivity contribution is 0.101. The van der Waals surface area contributed by atoms with Gasteiger partial charge in [0.15, 0.2) is 5.76 Å². The second-order valence-electron chi connectivity index (χ2n) is 6.31. The fourth-order valence-corrected chi connectivity index (χ4v) is 3.41. The number of hydrogen-bond acceptors (Lipinski definition) is 3. The Bertz CT molecular complexity index is 768. The first-order valence-electron chi connectivity index (χ1n) is 9.10. The molecule has 3 rings (SSSR count). The van der Waals surface area contributed by atoms with Gasteiger partial charge in [0, 0.05) is 6.07 Å². The Morgan fingerprint density at radius 1 is 0.962 bits per heavy atom. The number of benzene rings is 2. The lowest BCUT2D eigenvalue weighted by Crippen LogP contribution is -1.98. The molecule has 0 saturated carbocycles. The zero-order valence-electron chi connectivity index (χ0n) is 14.7. The van der Waals surface area contributed by atoms with Crippen LogP contribution < -0.4 is 9.47 Å². The minimum absolute atomic E-state index is 0.0781. The molecule has 0 spiro atoms. The average Bonchev–Trinajstić information content (AvgIpc) is 2.97. The number of halogens is 1. The summed E-state index contributed by atoms with van der Waals surface area (Å²) >= 11 is 2.42. The molecular formula is C22H23IO3. The average molecular weight is 462 g/mol. The molecule has 1 aliphatic heterocycles. The van der Waals surface area contributed by atoms with Gasteiger partial charge < -0.3 is 9.47 Å². The number of rotatable bonds is 9. The third-order valence-corrected chi connectivity index (χ3v) is 5.05. The Morgan fingerprint density at radius 3 is 2.54 bits per heavy atom. The number of Topliss-reactive ketones (excluding diaryl/α,β-unsaturated/α-hetero) is 1. The van der Waals surface area contributed by atoms with E-state index >= 15 is 0 Å². The van der Waals surface area contributed by atoms with Crippen molar-refractivity contribution in [1.29, 1.82) is 0 Å². The van der Waals surface area contributed by atoms with Gasteiger partial charge in [-0.05, 0) is 41.0 Å². The number of carbonyl (C=O) groups is 1. The Labute approximate surface area is 168 Å². The number of hydrogen-bond donors (Lipinski definition) is 0. The first kappa shape index (κ1) is 19.0. The standard InChI is InChI=1S/C22H23IO3/c23-13-7-2-1-3-8-14-25-18-11-12-19-20(16-18)26-21(22(19)24)15-17-9-5-4-6-10-17/h4-6,9-12,15-16H,1-3,7-8,13-14H2/b21-15-. The Morgan fingerprint density at radius 2 is 1.73 bits per heavy atom. The quantitative estimate of drug-likeness (QED) is 0.197. The van der Waals surface area contributed by atoms with E-state index in [0.717, 1.165) is 17.7 Å². The van der Waals surface area contributed by atoms with Crippen LogP contribution >= 0.6 is 22.6 Å². The maximum atomic E-state index is 12.5. The number of carbonyl (C=O) groups excluding carboxylic acids is 1. The maximum Gasteiger partial charge on any atom is 0.231 e. The van der Waals surface area contributed by atoms with Crippen molar-refractivity contribution in [2.45, 2.75) is 32.1 Å². The summed E-state index contributed by atoms with van der Waals surface area (Å²) in [4.78, 5) is 12.5. The lowest BCUT2D eigenvalue weighted by Gasteiger charge is -2.07. The second-order valence-corrected chi connectivity index (χ2v) is 7.39. The number of ketones is 1. The van der Waals surface area contributed by atoms with E-state index in [9.17, 15) is 4.79 Å². The van der Waals surface area contributed by atoms with E-state index in [1.54, 1.807) is 12.1 Å². The highest BCUT2D eigenvalue weighted by atomic mass is 127. The molecule has 4 heteroatoms. The van der Waals surface area contributed by atoms with Crippen LogP contribution in [0, 0.1) is 0 Å². The van der Waals surface area contributed by atoms with E-state index in [-0.39, 0.29) is 5.78 Å². The van der Waals surface area contributed by atoms with Crippen molar-refractivity contribution in [3.8, 4) is 11.5 Å². The van der Waals surface area contributed by atoms with Crippen LogP contribution in [0.25, 0.3) is 6.08 Å². The Balaban J connectivity index is 1.55. The SMILES string of the molecule is O=C1/C(=C/c2ccccc2)Oc2cc(OCCCCCCCI)ccc21. The smallest absolute Gasteiger partial charge is 0.231 e. The molecule has 0 amide bonds. The van der Waals surface area contributed by atoms with E-state index in [2.05, 4.69) is 22.6 Å². The zero-order valence-corrected chi connectivity index (χ0v) is 16.9. The predicted molar refractivity (Wildman–Crippen MR) is 113 cm³/mol. The van der Waals surface area contributed by atoms with Crippen LogP contribution in [0.15, 0.2) is 54.3 Å². The van der Waals surface area contributed by atoms with Crippen molar-refractivity contribution >= 4 is 34.5 Å². The summed E-state index contributed by atoms with van der Waals surface area (Å²) < 4.78 is 12.8. The van der Waals surface area contributed by atoms with Crippen molar-refractivity contribution in [2.24, 2.45) is 0 Å². The highest BCUT2D eigenvalue weighted by molar-refractivity contribution is 14.1. The molecule has 0 aliphatic carbocycles. The van der Waals surface area contributed by atoms with Gasteiger partial charge in [0.1, 0.15) is 11.5 Å². The van der Waals surface area contributed by atoms with Crippen molar-refractivity contribution in [3.63, 3.8) is 0 Å². The molecule has 136 valence electrons. The minimum atomic E-state index is -0.0781. The largest absolute Gasteiger partial charge is 0.493 e. The molecule has 0 atom stereocenters. The molecule has 0 N–H and O–H groups in total. The molecule has 2 aromatic rings. The molecule has 0 saturated heterocycles. The number of fused-ring (bicyclic) bond motifs is 1.